The Morgan fingerprint density at radius 3 is 2.80 bits per heavy atom. The molecule has 15 heavy (non-hydrogen) atoms. The molecule has 0 spiro atoms. The molecule has 4 heteroatoms. The fourth-order valence-electron chi connectivity index (χ4n) is 1.10. The normalized spacial score (nSPS) is 9.67. The van der Waals surface area contributed by atoms with Gasteiger partial charge >= 0.3 is 0 Å². The smallest absolute Gasteiger partial charge is 0.121 e. The maximum Gasteiger partial charge on any atom is 0.121 e. The van der Waals surface area contributed by atoms with Crippen LogP contribution in [0.1, 0.15) is 12.0 Å². The molecule has 0 aromatic heterocycles. The van der Waals surface area contributed by atoms with Crippen molar-refractivity contribution in [2.24, 2.45) is 0 Å². The summed E-state index contributed by atoms with van der Waals surface area (Å²) in [5.74, 6) is 0.706. The molecule has 1 rings (SSSR count). The minimum Gasteiger partial charge on any atom is -0.493 e. The lowest BCUT2D eigenvalue weighted by atomic mass is 10.2. The third kappa shape index (κ3) is 4.32. The molecule has 0 saturated heterocycles. The van der Waals surface area contributed by atoms with E-state index in [0.717, 1.165) is 10.9 Å². The molecule has 0 aliphatic rings. The highest BCUT2D eigenvalue weighted by atomic mass is 79.9. The minimum atomic E-state index is 0.589. The van der Waals surface area contributed by atoms with E-state index < -0.39 is 0 Å². The topological polar surface area (TPSA) is 42.2 Å². The molecule has 3 nitrogen and oxygen atoms in total. The molecule has 80 valence electrons. The van der Waals surface area contributed by atoms with Crippen LogP contribution in [0.15, 0.2) is 22.7 Å². The van der Waals surface area contributed by atoms with Crippen LogP contribution < -0.4 is 4.74 Å². The van der Waals surface area contributed by atoms with Crippen LogP contribution in [0.25, 0.3) is 0 Å². The second kappa shape index (κ2) is 6.44. The molecule has 0 aliphatic heterocycles. The van der Waals surface area contributed by atoms with Gasteiger partial charge in [0.05, 0.1) is 18.2 Å². The van der Waals surface area contributed by atoms with Crippen molar-refractivity contribution in [1.82, 2.24) is 0 Å². The molecule has 0 atom stereocenters. The molecule has 0 heterocycles. The quantitative estimate of drug-likeness (QED) is 0.772. The van der Waals surface area contributed by atoms with E-state index in [0.29, 0.717) is 24.5 Å². The van der Waals surface area contributed by atoms with E-state index in [9.17, 15) is 0 Å². The number of hydrogen-bond acceptors (Lipinski definition) is 3. The Labute approximate surface area is 97.7 Å². The molecule has 0 N–H and O–H groups in total. The molecule has 0 radical (unpaired) electrons. The van der Waals surface area contributed by atoms with Gasteiger partial charge in [-0.15, -0.1) is 0 Å². The molecule has 0 fully saturated rings. The van der Waals surface area contributed by atoms with Gasteiger partial charge in [0.1, 0.15) is 5.75 Å². The molecular formula is C11H12BrNO2. The number of halogens is 1. The van der Waals surface area contributed by atoms with E-state index in [1.54, 1.807) is 19.2 Å². The first-order valence-corrected chi connectivity index (χ1v) is 5.38. The van der Waals surface area contributed by atoms with Crippen molar-refractivity contribution in [2.45, 2.75) is 6.42 Å². The number of nitriles is 1. The van der Waals surface area contributed by atoms with Crippen LogP contribution in [0, 0.1) is 11.3 Å². The second-order valence-corrected chi connectivity index (χ2v) is 3.90. The molecule has 0 aliphatic carbocycles. The van der Waals surface area contributed by atoms with Gasteiger partial charge in [-0.2, -0.15) is 5.26 Å². The standard InChI is InChI=1S/C11H12BrNO2/c1-14-3-2-4-15-11-6-9(8-13)5-10(12)7-11/h5-7H,2-4H2,1H3. The Morgan fingerprint density at radius 1 is 1.33 bits per heavy atom. The van der Waals surface area contributed by atoms with Crippen LogP contribution in [0.2, 0.25) is 0 Å². The zero-order chi connectivity index (χ0) is 11.1. The van der Waals surface area contributed by atoms with E-state index in [2.05, 4.69) is 22.0 Å². The molecule has 0 bridgehead atoms. The SMILES string of the molecule is COCCCOc1cc(Br)cc(C#N)c1. The molecule has 0 saturated carbocycles. The predicted molar refractivity (Wildman–Crippen MR) is 60.8 cm³/mol. The summed E-state index contributed by atoms with van der Waals surface area (Å²) in [6, 6.07) is 7.39. The van der Waals surface area contributed by atoms with Crippen LogP contribution in [-0.2, 0) is 4.74 Å². The number of benzene rings is 1. The first-order chi connectivity index (χ1) is 7.26. The van der Waals surface area contributed by atoms with Crippen LogP contribution in [0.3, 0.4) is 0 Å². The molecular weight excluding hydrogens is 258 g/mol. The summed E-state index contributed by atoms with van der Waals surface area (Å²) in [6.07, 6.45) is 0.838. The zero-order valence-corrected chi connectivity index (χ0v) is 10.1. The highest BCUT2D eigenvalue weighted by molar-refractivity contribution is 9.10. The van der Waals surface area contributed by atoms with Gasteiger partial charge in [0.2, 0.25) is 0 Å². The summed E-state index contributed by atoms with van der Waals surface area (Å²) >= 11 is 3.32. The number of methoxy groups -OCH3 is 1. The summed E-state index contributed by atoms with van der Waals surface area (Å²) in [7, 11) is 1.66. The van der Waals surface area contributed by atoms with Crippen LogP contribution in [-0.4, -0.2) is 20.3 Å². The Kier molecular flexibility index (Phi) is 5.16. The lowest BCUT2D eigenvalue weighted by Gasteiger charge is -2.06. The predicted octanol–water partition coefficient (Wildman–Crippen LogP) is 2.74. The van der Waals surface area contributed by atoms with Gasteiger partial charge in [-0.1, -0.05) is 15.9 Å². The average molecular weight is 270 g/mol. The third-order valence-electron chi connectivity index (χ3n) is 1.76. The van der Waals surface area contributed by atoms with E-state index >= 15 is 0 Å². The Balaban J connectivity index is 2.54. The van der Waals surface area contributed by atoms with Crippen molar-refractivity contribution in [3.63, 3.8) is 0 Å². The number of rotatable bonds is 5. The highest BCUT2D eigenvalue weighted by Crippen LogP contribution is 2.21. The number of nitrogens with zero attached hydrogens (tertiary/aromatic N) is 1. The van der Waals surface area contributed by atoms with E-state index in [1.165, 1.54) is 0 Å². The third-order valence-corrected chi connectivity index (χ3v) is 2.22. The van der Waals surface area contributed by atoms with Gasteiger partial charge in [-0.25, -0.2) is 0 Å². The van der Waals surface area contributed by atoms with Crippen molar-refractivity contribution in [3.8, 4) is 11.8 Å². The van der Waals surface area contributed by atoms with Gasteiger partial charge < -0.3 is 9.47 Å². The van der Waals surface area contributed by atoms with Gasteiger partial charge in [-0.05, 0) is 18.2 Å². The van der Waals surface area contributed by atoms with E-state index in [-0.39, 0.29) is 0 Å². The maximum atomic E-state index is 8.75. The lowest BCUT2D eigenvalue weighted by Crippen LogP contribution is -2.01. The highest BCUT2D eigenvalue weighted by Gasteiger charge is 1.99. The summed E-state index contributed by atoms with van der Waals surface area (Å²) < 4.78 is 11.2. The maximum absolute atomic E-state index is 8.75. The van der Waals surface area contributed by atoms with Crippen LogP contribution in [0.4, 0.5) is 0 Å². The Bertz CT molecular complexity index is 360. The summed E-state index contributed by atoms with van der Waals surface area (Å²) in [4.78, 5) is 0. The van der Waals surface area contributed by atoms with Crippen molar-refractivity contribution in [2.75, 3.05) is 20.3 Å². The first-order valence-electron chi connectivity index (χ1n) is 4.58. The first kappa shape index (κ1) is 12.0. The molecule has 0 unspecified atom stereocenters. The average Bonchev–Trinajstić information content (AvgIpc) is 2.23. The van der Waals surface area contributed by atoms with E-state index in [4.69, 9.17) is 14.7 Å². The molecule has 1 aromatic rings. The zero-order valence-electron chi connectivity index (χ0n) is 8.50. The number of hydrogen-bond donors (Lipinski definition) is 0. The second-order valence-electron chi connectivity index (χ2n) is 2.98. The number of ether oxygens (including phenoxy) is 2. The fraction of sp³-hybridized carbons (Fsp3) is 0.364. The molecule has 0 amide bonds. The van der Waals surface area contributed by atoms with Crippen molar-refractivity contribution in [1.29, 1.82) is 5.26 Å². The van der Waals surface area contributed by atoms with Crippen molar-refractivity contribution >= 4 is 15.9 Å². The van der Waals surface area contributed by atoms with Crippen LogP contribution >= 0.6 is 15.9 Å². The van der Waals surface area contributed by atoms with Crippen molar-refractivity contribution < 1.29 is 9.47 Å². The lowest BCUT2D eigenvalue weighted by molar-refractivity contribution is 0.172. The largest absolute Gasteiger partial charge is 0.493 e. The molecule has 1 aromatic carbocycles. The summed E-state index contributed by atoms with van der Waals surface area (Å²) in [6.45, 7) is 1.27. The Morgan fingerprint density at radius 2 is 2.13 bits per heavy atom. The van der Waals surface area contributed by atoms with Gasteiger partial charge in [-0.3, -0.25) is 0 Å². The van der Waals surface area contributed by atoms with Gasteiger partial charge in [0.15, 0.2) is 0 Å². The van der Waals surface area contributed by atoms with Crippen LogP contribution in [0.5, 0.6) is 5.75 Å². The van der Waals surface area contributed by atoms with Gasteiger partial charge in [0, 0.05) is 24.6 Å². The Hall–Kier alpha value is -1.05. The van der Waals surface area contributed by atoms with Crippen molar-refractivity contribution in [3.05, 3.63) is 28.2 Å². The van der Waals surface area contributed by atoms with Gasteiger partial charge in [0.25, 0.3) is 0 Å². The fourth-order valence-corrected chi connectivity index (χ4v) is 1.58. The summed E-state index contributed by atoms with van der Waals surface area (Å²) in [5.41, 5.74) is 0.589. The monoisotopic (exact) mass is 269 g/mol. The summed E-state index contributed by atoms with van der Waals surface area (Å²) in [5, 5.41) is 8.75. The van der Waals surface area contributed by atoms with E-state index in [1.807, 2.05) is 6.07 Å². The minimum absolute atomic E-state index is 0.589.